The van der Waals surface area contributed by atoms with Crippen molar-refractivity contribution in [2.24, 2.45) is 7.05 Å². The molecule has 2 aromatic heterocycles. The molecular weight excluding hydrogens is 457 g/mol. The maximum atomic E-state index is 13.9. The van der Waals surface area contributed by atoms with Crippen molar-refractivity contribution in [3.8, 4) is 16.9 Å². The van der Waals surface area contributed by atoms with Crippen molar-refractivity contribution in [3.05, 3.63) is 98.8 Å². The lowest BCUT2D eigenvalue weighted by molar-refractivity contribution is 0.0930. The van der Waals surface area contributed by atoms with Gasteiger partial charge in [-0.1, -0.05) is 29.8 Å². The second kappa shape index (κ2) is 8.87. The molecular formula is C25H21ClFN5O2. The molecule has 34 heavy (non-hydrogen) atoms. The van der Waals surface area contributed by atoms with Gasteiger partial charge in [0.05, 0.1) is 24.1 Å². The largest absolute Gasteiger partial charge is 0.345 e. The molecule has 2 aromatic carbocycles. The molecule has 1 aliphatic carbocycles. The zero-order valence-electron chi connectivity index (χ0n) is 18.3. The average Bonchev–Trinajstić information content (AvgIpc) is 3.26. The van der Waals surface area contributed by atoms with Crippen LogP contribution in [0.1, 0.15) is 40.4 Å². The van der Waals surface area contributed by atoms with Crippen molar-refractivity contribution in [1.29, 1.82) is 0 Å². The van der Waals surface area contributed by atoms with E-state index in [0.717, 1.165) is 24.0 Å². The Morgan fingerprint density at radius 1 is 1.18 bits per heavy atom. The molecule has 1 aliphatic rings. The summed E-state index contributed by atoms with van der Waals surface area (Å²) >= 11 is 6.02. The SMILES string of the molecule is Cn1cc(-n2nc(-c3ccc(Cl)cc3)cc(C(=O)N[C@H]3CCCc4ccc(F)cc43)c2=O)cn1. The number of fused-ring (bicyclic) bond motifs is 1. The zero-order chi connectivity index (χ0) is 23.8. The quantitative estimate of drug-likeness (QED) is 0.477. The van der Waals surface area contributed by atoms with Crippen LogP contribution in [0.2, 0.25) is 5.02 Å². The summed E-state index contributed by atoms with van der Waals surface area (Å²) in [6, 6.07) is 12.7. The van der Waals surface area contributed by atoms with Gasteiger partial charge in [0, 0.05) is 17.6 Å². The van der Waals surface area contributed by atoms with Gasteiger partial charge in [0.1, 0.15) is 17.1 Å². The van der Waals surface area contributed by atoms with Gasteiger partial charge in [0.25, 0.3) is 11.5 Å². The minimum Gasteiger partial charge on any atom is -0.345 e. The standard InChI is InChI=1S/C25H21ClFN5O2/c1-31-14-19(13-28-31)32-25(34)21(12-23(30-32)16-5-8-17(26)9-6-16)24(33)29-22-4-2-3-15-7-10-18(27)11-20(15)22/h5-14,22H,2-4H2,1H3,(H,29,33)/t22-/m0/s1. The van der Waals surface area contributed by atoms with E-state index in [9.17, 15) is 14.0 Å². The summed E-state index contributed by atoms with van der Waals surface area (Å²) in [7, 11) is 1.73. The van der Waals surface area contributed by atoms with Gasteiger partial charge < -0.3 is 5.32 Å². The topological polar surface area (TPSA) is 81.8 Å². The first-order valence-corrected chi connectivity index (χ1v) is 11.3. The number of carbonyl (C=O) groups is 1. The number of hydrogen-bond acceptors (Lipinski definition) is 4. The van der Waals surface area contributed by atoms with Crippen molar-refractivity contribution in [2.45, 2.75) is 25.3 Å². The average molecular weight is 478 g/mol. The Morgan fingerprint density at radius 3 is 2.71 bits per heavy atom. The number of amides is 1. The number of aryl methyl sites for hydroxylation is 2. The van der Waals surface area contributed by atoms with Crippen LogP contribution in [0.5, 0.6) is 0 Å². The molecule has 0 fully saturated rings. The molecule has 9 heteroatoms. The molecule has 0 bridgehead atoms. The molecule has 1 amide bonds. The van der Waals surface area contributed by atoms with E-state index >= 15 is 0 Å². The van der Waals surface area contributed by atoms with Gasteiger partial charge in [-0.15, -0.1) is 0 Å². The smallest absolute Gasteiger partial charge is 0.284 e. The second-order valence-electron chi connectivity index (χ2n) is 8.30. The molecule has 0 radical (unpaired) electrons. The Hall–Kier alpha value is -3.78. The van der Waals surface area contributed by atoms with Gasteiger partial charge in [-0.2, -0.15) is 14.9 Å². The highest BCUT2D eigenvalue weighted by Crippen LogP contribution is 2.30. The molecule has 172 valence electrons. The van der Waals surface area contributed by atoms with Crippen LogP contribution in [0, 0.1) is 5.82 Å². The highest BCUT2D eigenvalue weighted by molar-refractivity contribution is 6.30. The molecule has 7 nitrogen and oxygen atoms in total. The number of nitrogens with one attached hydrogen (secondary N) is 1. The predicted octanol–water partition coefficient (Wildman–Crippen LogP) is 4.23. The van der Waals surface area contributed by atoms with E-state index in [0.29, 0.717) is 28.4 Å². The molecule has 0 saturated heterocycles. The number of benzene rings is 2. The van der Waals surface area contributed by atoms with Crippen molar-refractivity contribution in [2.75, 3.05) is 0 Å². The van der Waals surface area contributed by atoms with E-state index < -0.39 is 11.5 Å². The van der Waals surface area contributed by atoms with E-state index in [-0.39, 0.29) is 17.4 Å². The maximum absolute atomic E-state index is 13.9. The summed E-state index contributed by atoms with van der Waals surface area (Å²) in [5.41, 5.74) is 2.68. The minimum absolute atomic E-state index is 0.0627. The van der Waals surface area contributed by atoms with Gasteiger partial charge in [0.15, 0.2) is 0 Å². The Bertz CT molecular complexity index is 1440. The molecule has 0 spiro atoms. The lowest BCUT2D eigenvalue weighted by Gasteiger charge is -2.26. The maximum Gasteiger partial charge on any atom is 0.284 e. The van der Waals surface area contributed by atoms with Crippen LogP contribution >= 0.6 is 11.6 Å². The first-order valence-electron chi connectivity index (χ1n) is 10.9. The molecule has 4 aromatic rings. The van der Waals surface area contributed by atoms with Crippen LogP contribution in [-0.4, -0.2) is 25.5 Å². The fourth-order valence-electron chi connectivity index (χ4n) is 4.27. The Labute approximate surface area is 199 Å². The summed E-state index contributed by atoms with van der Waals surface area (Å²) in [5.74, 6) is -0.893. The van der Waals surface area contributed by atoms with Crippen molar-refractivity contribution in [1.82, 2.24) is 24.9 Å². The van der Waals surface area contributed by atoms with Crippen LogP contribution in [-0.2, 0) is 13.5 Å². The number of hydrogen-bond donors (Lipinski definition) is 1. The third-order valence-corrected chi connectivity index (χ3v) is 6.21. The van der Waals surface area contributed by atoms with Gasteiger partial charge in [-0.05, 0) is 60.7 Å². The molecule has 0 aliphatic heterocycles. The molecule has 0 saturated carbocycles. The lowest BCUT2D eigenvalue weighted by Crippen LogP contribution is -2.36. The van der Waals surface area contributed by atoms with Gasteiger partial charge >= 0.3 is 0 Å². The predicted molar refractivity (Wildman–Crippen MR) is 127 cm³/mol. The van der Waals surface area contributed by atoms with Crippen molar-refractivity contribution < 1.29 is 9.18 Å². The molecule has 2 heterocycles. The van der Waals surface area contributed by atoms with Gasteiger partial charge in [-0.3, -0.25) is 14.3 Å². The highest BCUT2D eigenvalue weighted by Gasteiger charge is 2.25. The van der Waals surface area contributed by atoms with E-state index in [2.05, 4.69) is 15.5 Å². The van der Waals surface area contributed by atoms with Crippen LogP contribution in [0.15, 0.2) is 65.7 Å². The summed E-state index contributed by atoms with van der Waals surface area (Å²) in [5, 5.41) is 12.1. The minimum atomic E-state index is -0.571. The van der Waals surface area contributed by atoms with Crippen LogP contribution < -0.4 is 10.9 Å². The normalized spacial score (nSPS) is 15.1. The summed E-state index contributed by atoms with van der Waals surface area (Å²) in [4.78, 5) is 26.7. The number of halogens is 2. The van der Waals surface area contributed by atoms with Crippen LogP contribution in [0.25, 0.3) is 16.9 Å². The molecule has 1 N–H and O–H groups in total. The Morgan fingerprint density at radius 2 is 1.97 bits per heavy atom. The Kier molecular flexibility index (Phi) is 5.75. The fraction of sp³-hybridized carbons (Fsp3) is 0.200. The Balaban J connectivity index is 1.57. The number of rotatable bonds is 4. The van der Waals surface area contributed by atoms with Gasteiger partial charge in [-0.25, -0.2) is 4.39 Å². The second-order valence-corrected chi connectivity index (χ2v) is 8.74. The summed E-state index contributed by atoms with van der Waals surface area (Å²) in [6.45, 7) is 0. The third-order valence-electron chi connectivity index (χ3n) is 5.96. The summed E-state index contributed by atoms with van der Waals surface area (Å²) in [6.07, 6.45) is 5.49. The molecule has 1 atom stereocenters. The van der Waals surface area contributed by atoms with E-state index in [1.807, 2.05) is 0 Å². The third kappa shape index (κ3) is 4.24. The number of carbonyl (C=O) groups excluding carboxylic acids is 1. The fourth-order valence-corrected chi connectivity index (χ4v) is 4.39. The van der Waals surface area contributed by atoms with Crippen molar-refractivity contribution >= 4 is 17.5 Å². The van der Waals surface area contributed by atoms with E-state index in [1.54, 1.807) is 48.3 Å². The summed E-state index contributed by atoms with van der Waals surface area (Å²) < 4.78 is 16.6. The first kappa shape index (κ1) is 22.0. The first-order chi connectivity index (χ1) is 16.4. The number of nitrogens with zero attached hydrogens (tertiary/aromatic N) is 4. The van der Waals surface area contributed by atoms with Crippen LogP contribution in [0.4, 0.5) is 4.39 Å². The van der Waals surface area contributed by atoms with Crippen molar-refractivity contribution in [3.63, 3.8) is 0 Å². The van der Waals surface area contributed by atoms with Crippen LogP contribution in [0.3, 0.4) is 0 Å². The molecule has 5 rings (SSSR count). The highest BCUT2D eigenvalue weighted by atomic mass is 35.5. The van der Waals surface area contributed by atoms with E-state index in [1.165, 1.54) is 29.1 Å². The van der Waals surface area contributed by atoms with E-state index in [4.69, 9.17) is 11.6 Å². The zero-order valence-corrected chi connectivity index (χ0v) is 19.1. The van der Waals surface area contributed by atoms with Gasteiger partial charge in [0.2, 0.25) is 0 Å². The number of aromatic nitrogens is 4. The monoisotopic (exact) mass is 477 g/mol. The molecule has 0 unspecified atom stereocenters. The lowest BCUT2D eigenvalue weighted by atomic mass is 9.87.